The van der Waals surface area contributed by atoms with Crippen molar-refractivity contribution in [2.75, 3.05) is 7.11 Å². The van der Waals surface area contributed by atoms with Crippen molar-refractivity contribution >= 4 is 0 Å². The van der Waals surface area contributed by atoms with Gasteiger partial charge in [-0.25, -0.2) is 0 Å². The molecule has 0 heterocycles. The number of hydrogen-bond acceptors (Lipinski definition) is 3. The zero-order chi connectivity index (χ0) is 12.4. The van der Waals surface area contributed by atoms with Gasteiger partial charge < -0.3 is 4.74 Å². The van der Waals surface area contributed by atoms with E-state index in [0.29, 0.717) is 0 Å². The summed E-state index contributed by atoms with van der Waals surface area (Å²) in [7, 11) is 1.74. The highest BCUT2D eigenvalue weighted by Crippen LogP contribution is 2.19. The van der Waals surface area contributed by atoms with Crippen molar-refractivity contribution in [3.05, 3.63) is 0 Å². The molecule has 0 fully saturated rings. The summed E-state index contributed by atoms with van der Waals surface area (Å²) in [6.45, 7) is 6.40. The Balaban J connectivity index is 3.64. The van der Waals surface area contributed by atoms with Crippen LogP contribution in [0.1, 0.15) is 65.7 Å². The van der Waals surface area contributed by atoms with E-state index in [1.165, 1.54) is 38.5 Å². The van der Waals surface area contributed by atoms with Crippen LogP contribution in [0.2, 0.25) is 0 Å². The molecule has 3 nitrogen and oxygen atoms in total. The monoisotopic (exact) mass is 230 g/mol. The van der Waals surface area contributed by atoms with E-state index in [2.05, 4.69) is 26.2 Å². The number of nitrogens with two attached hydrogens (primary N) is 1. The first-order valence-corrected chi connectivity index (χ1v) is 6.59. The quantitative estimate of drug-likeness (QED) is 0.344. The molecule has 0 aromatic heterocycles. The van der Waals surface area contributed by atoms with Crippen LogP contribution in [0.15, 0.2) is 0 Å². The Bertz CT molecular complexity index is 160. The minimum absolute atomic E-state index is 0.182. The fraction of sp³-hybridized carbons (Fsp3) is 1.00. The topological polar surface area (TPSA) is 47.3 Å². The van der Waals surface area contributed by atoms with Crippen LogP contribution in [0.3, 0.4) is 0 Å². The van der Waals surface area contributed by atoms with Crippen LogP contribution in [-0.4, -0.2) is 18.8 Å². The van der Waals surface area contributed by atoms with Crippen LogP contribution in [0.4, 0.5) is 0 Å². The molecule has 1 unspecified atom stereocenters. The summed E-state index contributed by atoms with van der Waals surface area (Å²) in [6, 6.07) is 0.240. The number of rotatable bonds is 10. The summed E-state index contributed by atoms with van der Waals surface area (Å²) < 4.78 is 5.44. The van der Waals surface area contributed by atoms with Gasteiger partial charge in [0, 0.05) is 13.2 Å². The highest BCUT2D eigenvalue weighted by molar-refractivity contribution is 4.83. The molecule has 0 spiro atoms. The lowest BCUT2D eigenvalue weighted by Crippen LogP contribution is -2.50. The number of methoxy groups -OCH3 is 1. The fourth-order valence-electron chi connectivity index (χ4n) is 1.90. The molecule has 0 aromatic rings. The fourth-order valence-corrected chi connectivity index (χ4v) is 1.90. The van der Waals surface area contributed by atoms with Crippen molar-refractivity contribution in [1.29, 1.82) is 0 Å². The van der Waals surface area contributed by atoms with Gasteiger partial charge in [0.15, 0.2) is 0 Å². The molecule has 0 amide bonds. The number of unbranched alkanes of at least 4 members (excludes halogenated alkanes) is 5. The highest BCUT2D eigenvalue weighted by Gasteiger charge is 2.27. The van der Waals surface area contributed by atoms with Crippen LogP contribution in [0, 0.1) is 0 Å². The Labute approximate surface area is 101 Å². The number of hydrazine groups is 1. The highest BCUT2D eigenvalue weighted by atomic mass is 16.5. The van der Waals surface area contributed by atoms with Crippen LogP contribution < -0.4 is 11.3 Å². The molecule has 16 heavy (non-hydrogen) atoms. The summed E-state index contributed by atoms with van der Waals surface area (Å²) in [4.78, 5) is 0. The maximum Gasteiger partial charge on any atom is 0.0788 e. The third-order valence-electron chi connectivity index (χ3n) is 3.41. The van der Waals surface area contributed by atoms with Gasteiger partial charge in [-0.15, -0.1) is 0 Å². The maximum atomic E-state index is 5.57. The zero-order valence-electron chi connectivity index (χ0n) is 11.5. The number of ether oxygens (including phenoxy) is 1. The minimum atomic E-state index is -0.182. The van der Waals surface area contributed by atoms with Crippen molar-refractivity contribution in [2.24, 2.45) is 5.84 Å². The Morgan fingerprint density at radius 2 is 1.69 bits per heavy atom. The Morgan fingerprint density at radius 1 is 1.12 bits per heavy atom. The number of nitrogens with one attached hydrogen (secondary N) is 1. The molecule has 98 valence electrons. The standard InChI is InChI=1S/C13H30N2O/c1-5-6-7-8-9-10-11-12(15-14)13(2,3)16-4/h12,15H,5-11,14H2,1-4H3. The van der Waals surface area contributed by atoms with Crippen LogP contribution in [0.25, 0.3) is 0 Å². The largest absolute Gasteiger partial charge is 0.377 e. The summed E-state index contributed by atoms with van der Waals surface area (Å²) in [6.07, 6.45) is 9.00. The van der Waals surface area contributed by atoms with Gasteiger partial charge in [-0.1, -0.05) is 45.4 Å². The summed E-state index contributed by atoms with van der Waals surface area (Å²) in [5.74, 6) is 5.57. The predicted octanol–water partition coefficient (Wildman–Crippen LogP) is 2.99. The molecule has 0 aromatic carbocycles. The molecule has 0 aliphatic heterocycles. The molecule has 0 rings (SSSR count). The average Bonchev–Trinajstić information content (AvgIpc) is 2.28. The molecule has 0 saturated carbocycles. The van der Waals surface area contributed by atoms with Crippen molar-refractivity contribution in [3.8, 4) is 0 Å². The minimum Gasteiger partial charge on any atom is -0.377 e. The molecule has 1 atom stereocenters. The van der Waals surface area contributed by atoms with E-state index in [1.807, 2.05) is 0 Å². The molecule has 0 aliphatic carbocycles. The second-order valence-corrected chi connectivity index (χ2v) is 5.08. The van der Waals surface area contributed by atoms with E-state index in [9.17, 15) is 0 Å². The molecule has 3 heteroatoms. The molecule has 3 N–H and O–H groups in total. The summed E-state index contributed by atoms with van der Waals surface area (Å²) in [5.41, 5.74) is 2.69. The van der Waals surface area contributed by atoms with Gasteiger partial charge in [0.05, 0.1) is 5.60 Å². The molecular weight excluding hydrogens is 200 g/mol. The van der Waals surface area contributed by atoms with Crippen molar-refractivity contribution < 1.29 is 4.74 Å². The van der Waals surface area contributed by atoms with E-state index >= 15 is 0 Å². The smallest absolute Gasteiger partial charge is 0.0788 e. The lowest BCUT2D eigenvalue weighted by atomic mass is 9.93. The maximum absolute atomic E-state index is 5.57. The van der Waals surface area contributed by atoms with Crippen molar-refractivity contribution in [2.45, 2.75) is 77.4 Å². The Hall–Kier alpha value is -0.120. The lowest BCUT2D eigenvalue weighted by Gasteiger charge is -2.32. The Morgan fingerprint density at radius 3 is 2.19 bits per heavy atom. The van der Waals surface area contributed by atoms with E-state index in [-0.39, 0.29) is 11.6 Å². The molecule has 0 saturated heterocycles. The summed E-state index contributed by atoms with van der Waals surface area (Å²) in [5, 5.41) is 0. The first kappa shape index (κ1) is 15.9. The SMILES string of the molecule is CCCCCCCCC(NN)C(C)(C)OC. The predicted molar refractivity (Wildman–Crippen MR) is 70.2 cm³/mol. The van der Waals surface area contributed by atoms with Gasteiger partial charge in [-0.2, -0.15) is 0 Å². The van der Waals surface area contributed by atoms with Gasteiger partial charge in [0.1, 0.15) is 0 Å². The van der Waals surface area contributed by atoms with Gasteiger partial charge in [0.25, 0.3) is 0 Å². The average molecular weight is 230 g/mol. The molecule has 0 radical (unpaired) electrons. The normalized spacial score (nSPS) is 14.1. The van der Waals surface area contributed by atoms with E-state index in [1.54, 1.807) is 7.11 Å². The molecule has 0 bridgehead atoms. The van der Waals surface area contributed by atoms with Crippen molar-refractivity contribution in [3.63, 3.8) is 0 Å². The van der Waals surface area contributed by atoms with E-state index < -0.39 is 0 Å². The first-order valence-electron chi connectivity index (χ1n) is 6.59. The molecule has 0 aliphatic rings. The summed E-state index contributed by atoms with van der Waals surface area (Å²) >= 11 is 0. The third-order valence-corrected chi connectivity index (χ3v) is 3.41. The zero-order valence-corrected chi connectivity index (χ0v) is 11.5. The van der Waals surface area contributed by atoms with E-state index in [0.717, 1.165) is 6.42 Å². The van der Waals surface area contributed by atoms with Gasteiger partial charge in [-0.3, -0.25) is 11.3 Å². The second-order valence-electron chi connectivity index (χ2n) is 5.08. The Kier molecular flexibility index (Phi) is 8.90. The van der Waals surface area contributed by atoms with Crippen LogP contribution in [-0.2, 0) is 4.74 Å². The lowest BCUT2D eigenvalue weighted by molar-refractivity contribution is -0.0132. The van der Waals surface area contributed by atoms with Crippen molar-refractivity contribution in [1.82, 2.24) is 5.43 Å². The second kappa shape index (κ2) is 8.97. The first-order chi connectivity index (χ1) is 7.58. The molecular formula is C13H30N2O. The van der Waals surface area contributed by atoms with Crippen LogP contribution in [0.5, 0.6) is 0 Å². The van der Waals surface area contributed by atoms with Gasteiger partial charge in [-0.05, 0) is 20.3 Å². The number of hydrogen-bond donors (Lipinski definition) is 2. The third kappa shape index (κ3) is 6.46. The van der Waals surface area contributed by atoms with Crippen LogP contribution >= 0.6 is 0 Å². The van der Waals surface area contributed by atoms with Gasteiger partial charge >= 0.3 is 0 Å². The van der Waals surface area contributed by atoms with E-state index in [4.69, 9.17) is 10.6 Å². The van der Waals surface area contributed by atoms with Gasteiger partial charge in [0.2, 0.25) is 0 Å².